The van der Waals surface area contributed by atoms with Crippen LogP contribution in [-0.2, 0) is 0 Å². The van der Waals surface area contributed by atoms with Crippen LogP contribution >= 0.6 is 0 Å². The highest BCUT2D eigenvalue weighted by molar-refractivity contribution is 5.60. The minimum absolute atomic E-state index is 0.582. The number of ether oxygens (including phenoxy) is 1. The van der Waals surface area contributed by atoms with Crippen LogP contribution in [0.1, 0.15) is 111 Å². The first-order valence-corrected chi connectivity index (χ1v) is 15.2. The minimum Gasteiger partial charge on any atom is -0.463 e. The Labute approximate surface area is 220 Å². The quantitative estimate of drug-likeness (QED) is 0.295. The SMILES string of the molecule is CC(=COc1ccc(N)cc1N)CCCC(C)[C@H]1CC[C@H]2[C@@H]3CCC4CCCC[C@]4(C)[C@H]3CC[C@]12C. The molecule has 0 spiro atoms. The van der Waals surface area contributed by atoms with Gasteiger partial charge in [-0.2, -0.15) is 0 Å². The summed E-state index contributed by atoms with van der Waals surface area (Å²) in [4.78, 5) is 0. The lowest BCUT2D eigenvalue weighted by atomic mass is 9.44. The molecular weight excluding hydrogens is 440 g/mol. The number of allylic oxidation sites excluding steroid dienone is 1. The summed E-state index contributed by atoms with van der Waals surface area (Å²) >= 11 is 0. The minimum atomic E-state index is 0.582. The first kappa shape index (κ1) is 26.0. The van der Waals surface area contributed by atoms with Crippen LogP contribution in [0.2, 0.25) is 0 Å². The van der Waals surface area contributed by atoms with Gasteiger partial charge in [-0.05, 0) is 141 Å². The Morgan fingerprint density at radius 3 is 2.61 bits per heavy atom. The van der Waals surface area contributed by atoms with E-state index in [1.54, 1.807) is 6.07 Å². The fourth-order valence-corrected chi connectivity index (χ4v) is 10.1. The Morgan fingerprint density at radius 2 is 1.81 bits per heavy atom. The van der Waals surface area contributed by atoms with E-state index in [0.29, 0.717) is 28.0 Å². The molecule has 3 heteroatoms. The maximum absolute atomic E-state index is 6.03. The molecule has 0 bridgehead atoms. The predicted octanol–water partition coefficient (Wildman–Crippen LogP) is 8.99. The van der Waals surface area contributed by atoms with Gasteiger partial charge in [-0.15, -0.1) is 0 Å². The van der Waals surface area contributed by atoms with Crippen molar-refractivity contribution in [2.45, 2.75) is 111 Å². The Hall–Kier alpha value is -1.64. The number of rotatable bonds is 7. The van der Waals surface area contributed by atoms with Crippen molar-refractivity contribution in [2.24, 2.45) is 46.3 Å². The first-order valence-electron chi connectivity index (χ1n) is 15.2. The predicted molar refractivity (Wildman–Crippen MR) is 153 cm³/mol. The molecule has 0 aromatic heterocycles. The van der Waals surface area contributed by atoms with Gasteiger partial charge in [0.25, 0.3) is 0 Å². The maximum Gasteiger partial charge on any atom is 0.149 e. The highest BCUT2D eigenvalue weighted by Gasteiger charge is 2.60. The van der Waals surface area contributed by atoms with Crippen LogP contribution in [0.5, 0.6) is 5.75 Å². The van der Waals surface area contributed by atoms with E-state index in [0.717, 1.165) is 41.9 Å². The number of hydrogen-bond acceptors (Lipinski definition) is 3. The van der Waals surface area contributed by atoms with Crippen LogP contribution in [0, 0.1) is 46.3 Å². The van der Waals surface area contributed by atoms with E-state index >= 15 is 0 Å². The molecule has 0 amide bonds. The zero-order valence-corrected chi connectivity index (χ0v) is 23.5. The van der Waals surface area contributed by atoms with Crippen LogP contribution in [0.25, 0.3) is 0 Å². The molecule has 2 unspecified atom stereocenters. The summed E-state index contributed by atoms with van der Waals surface area (Å²) in [5, 5.41) is 0. The largest absolute Gasteiger partial charge is 0.463 e. The number of fused-ring (bicyclic) bond motifs is 5. The lowest BCUT2D eigenvalue weighted by molar-refractivity contribution is -0.114. The van der Waals surface area contributed by atoms with E-state index in [1.165, 1.54) is 82.6 Å². The number of nitrogens with two attached hydrogens (primary N) is 2. The van der Waals surface area contributed by atoms with Gasteiger partial charge < -0.3 is 16.2 Å². The molecule has 1 aromatic rings. The second kappa shape index (κ2) is 10.3. The Morgan fingerprint density at radius 1 is 1.00 bits per heavy atom. The zero-order chi connectivity index (χ0) is 25.5. The lowest BCUT2D eigenvalue weighted by Crippen LogP contribution is -2.53. The van der Waals surface area contributed by atoms with Crippen molar-refractivity contribution in [3.8, 4) is 5.75 Å². The van der Waals surface area contributed by atoms with E-state index in [-0.39, 0.29) is 0 Å². The second-order valence-corrected chi connectivity index (χ2v) is 13.9. The normalized spacial score (nSPS) is 39.1. The summed E-state index contributed by atoms with van der Waals surface area (Å²) in [7, 11) is 0. The zero-order valence-electron chi connectivity index (χ0n) is 23.5. The third-order valence-corrected chi connectivity index (χ3v) is 12.0. The van der Waals surface area contributed by atoms with Gasteiger partial charge in [0.2, 0.25) is 0 Å². The van der Waals surface area contributed by atoms with Gasteiger partial charge >= 0.3 is 0 Å². The van der Waals surface area contributed by atoms with E-state index < -0.39 is 0 Å². The van der Waals surface area contributed by atoms with Crippen molar-refractivity contribution < 1.29 is 4.74 Å². The van der Waals surface area contributed by atoms with Crippen molar-refractivity contribution in [2.75, 3.05) is 11.5 Å². The van der Waals surface area contributed by atoms with Gasteiger partial charge in [0, 0.05) is 5.69 Å². The van der Waals surface area contributed by atoms with Crippen molar-refractivity contribution in [3.63, 3.8) is 0 Å². The highest BCUT2D eigenvalue weighted by atomic mass is 16.5. The lowest BCUT2D eigenvalue weighted by Gasteiger charge is -2.61. The van der Waals surface area contributed by atoms with Gasteiger partial charge in [-0.3, -0.25) is 0 Å². The summed E-state index contributed by atoms with van der Waals surface area (Å²) < 4.78 is 5.85. The molecule has 4 fully saturated rings. The monoisotopic (exact) mass is 492 g/mol. The standard InChI is InChI=1S/C33H52N2O/c1-22(21-36-31-16-12-25(34)20-30(31)35)8-7-9-23(2)27-14-15-28-26-13-11-24-10-5-6-18-32(24,3)29(26)17-19-33(27,28)4/h12,16,20-21,23-24,26-29H,5-11,13-15,17-19,34-35H2,1-4H3/t23?,24?,26-,27+,28-,29-,32-,33+/m0/s1. The molecule has 4 aliphatic rings. The number of benzene rings is 1. The smallest absolute Gasteiger partial charge is 0.149 e. The van der Waals surface area contributed by atoms with E-state index in [9.17, 15) is 0 Å². The molecule has 0 aliphatic heterocycles. The average molecular weight is 493 g/mol. The molecule has 0 radical (unpaired) electrons. The van der Waals surface area contributed by atoms with E-state index in [4.69, 9.17) is 16.2 Å². The van der Waals surface area contributed by atoms with Gasteiger partial charge in [0.1, 0.15) is 5.75 Å². The topological polar surface area (TPSA) is 61.3 Å². The summed E-state index contributed by atoms with van der Waals surface area (Å²) in [6.07, 6.45) is 20.6. The molecule has 36 heavy (non-hydrogen) atoms. The fraction of sp³-hybridized carbons (Fsp3) is 0.758. The van der Waals surface area contributed by atoms with Gasteiger partial charge in [-0.25, -0.2) is 0 Å². The van der Waals surface area contributed by atoms with Crippen LogP contribution in [0.3, 0.4) is 0 Å². The van der Waals surface area contributed by atoms with Gasteiger partial charge in [0.05, 0.1) is 11.9 Å². The van der Waals surface area contributed by atoms with Crippen LogP contribution in [0.15, 0.2) is 30.0 Å². The average Bonchev–Trinajstić information content (AvgIpc) is 3.20. The number of nitrogen functional groups attached to an aromatic ring is 2. The highest BCUT2D eigenvalue weighted by Crippen LogP contribution is 2.68. The van der Waals surface area contributed by atoms with Crippen LogP contribution < -0.4 is 16.2 Å². The summed E-state index contributed by atoms with van der Waals surface area (Å²) in [5.74, 6) is 6.48. The molecular formula is C33H52N2O. The van der Waals surface area contributed by atoms with Crippen molar-refractivity contribution >= 4 is 11.4 Å². The molecule has 4 aliphatic carbocycles. The molecule has 0 heterocycles. The molecule has 0 saturated heterocycles. The van der Waals surface area contributed by atoms with E-state index in [1.807, 2.05) is 18.4 Å². The molecule has 5 rings (SSSR count). The van der Waals surface area contributed by atoms with E-state index in [2.05, 4.69) is 27.7 Å². The Bertz CT molecular complexity index is 955. The maximum atomic E-state index is 6.03. The van der Waals surface area contributed by atoms with Crippen LogP contribution in [0.4, 0.5) is 11.4 Å². The molecule has 200 valence electrons. The number of anilines is 2. The first-order chi connectivity index (χ1) is 17.2. The third kappa shape index (κ3) is 4.69. The Kier molecular flexibility index (Phi) is 7.40. The second-order valence-electron chi connectivity index (χ2n) is 13.9. The van der Waals surface area contributed by atoms with Crippen molar-refractivity contribution in [1.82, 2.24) is 0 Å². The summed E-state index contributed by atoms with van der Waals surface area (Å²) in [6, 6.07) is 5.44. The Balaban J connectivity index is 1.15. The van der Waals surface area contributed by atoms with Gasteiger partial charge in [-0.1, -0.05) is 40.0 Å². The molecule has 4 saturated carbocycles. The third-order valence-electron chi connectivity index (χ3n) is 12.0. The summed E-state index contributed by atoms with van der Waals surface area (Å²) in [6.45, 7) is 10.2. The fourth-order valence-electron chi connectivity index (χ4n) is 10.1. The molecule has 3 nitrogen and oxygen atoms in total. The van der Waals surface area contributed by atoms with Gasteiger partial charge in [0.15, 0.2) is 0 Å². The molecule has 1 aromatic carbocycles. The van der Waals surface area contributed by atoms with Crippen LogP contribution in [-0.4, -0.2) is 0 Å². The van der Waals surface area contributed by atoms with Crippen molar-refractivity contribution in [1.29, 1.82) is 0 Å². The molecule has 4 N–H and O–H groups in total. The summed E-state index contributed by atoms with van der Waals surface area (Å²) in [5.41, 5.74) is 15.6. The molecule has 8 atom stereocenters. The van der Waals surface area contributed by atoms with Crippen molar-refractivity contribution in [3.05, 3.63) is 30.0 Å². The number of hydrogen-bond donors (Lipinski definition) is 2.